The Kier molecular flexibility index (Phi) is 6.74. The first-order chi connectivity index (χ1) is 7.76. The van der Waals surface area contributed by atoms with Crippen molar-refractivity contribution in [2.75, 3.05) is 6.54 Å². The summed E-state index contributed by atoms with van der Waals surface area (Å²) in [6.45, 7) is 8.02. The highest BCUT2D eigenvalue weighted by Gasteiger charge is 2.12. The van der Waals surface area contributed by atoms with Crippen LogP contribution in [0.25, 0.3) is 0 Å². The Bertz CT molecular complexity index is 256. The predicted octanol–water partition coefficient (Wildman–Crippen LogP) is 4.10. The average Bonchev–Trinajstić information content (AvgIpc) is 2.78. The zero-order valence-electron chi connectivity index (χ0n) is 10.8. The van der Waals surface area contributed by atoms with Crippen LogP contribution in [-0.4, -0.2) is 12.6 Å². The van der Waals surface area contributed by atoms with Gasteiger partial charge in [0, 0.05) is 6.04 Å². The van der Waals surface area contributed by atoms with Crippen LogP contribution < -0.4 is 5.32 Å². The first kappa shape index (κ1) is 13.7. The van der Waals surface area contributed by atoms with E-state index < -0.39 is 0 Å². The maximum Gasteiger partial charge on any atom is 0.0110 e. The van der Waals surface area contributed by atoms with E-state index in [0.29, 0.717) is 6.04 Å². The van der Waals surface area contributed by atoms with Crippen molar-refractivity contribution in [3.05, 3.63) is 22.4 Å². The van der Waals surface area contributed by atoms with Crippen LogP contribution in [0.5, 0.6) is 0 Å². The van der Waals surface area contributed by atoms with Crippen molar-refractivity contribution in [1.82, 2.24) is 5.32 Å². The summed E-state index contributed by atoms with van der Waals surface area (Å²) in [6.07, 6.45) is 4.99. The quantitative estimate of drug-likeness (QED) is 0.720. The highest BCUT2D eigenvalue weighted by Crippen LogP contribution is 2.15. The highest BCUT2D eigenvalue weighted by atomic mass is 32.1. The summed E-state index contributed by atoms with van der Waals surface area (Å²) in [5.74, 6) is 0.827. The fourth-order valence-corrected chi connectivity index (χ4v) is 2.61. The van der Waals surface area contributed by atoms with Crippen LogP contribution in [0.4, 0.5) is 0 Å². The van der Waals surface area contributed by atoms with Gasteiger partial charge in [0.1, 0.15) is 0 Å². The molecule has 1 heterocycles. The number of hydrogen-bond acceptors (Lipinski definition) is 2. The zero-order valence-corrected chi connectivity index (χ0v) is 11.6. The molecule has 0 spiro atoms. The van der Waals surface area contributed by atoms with E-state index >= 15 is 0 Å². The van der Waals surface area contributed by atoms with Crippen molar-refractivity contribution in [3.8, 4) is 0 Å². The molecule has 0 aliphatic carbocycles. The smallest absolute Gasteiger partial charge is 0.0110 e. The van der Waals surface area contributed by atoms with Crippen molar-refractivity contribution in [3.63, 3.8) is 0 Å². The van der Waals surface area contributed by atoms with Crippen LogP contribution in [0.3, 0.4) is 0 Å². The molecule has 0 aromatic carbocycles. The molecular formula is C14H25NS. The molecule has 1 nitrogen and oxygen atoms in total. The minimum absolute atomic E-state index is 0.657. The summed E-state index contributed by atoms with van der Waals surface area (Å²) in [5.41, 5.74) is 1.49. The van der Waals surface area contributed by atoms with Gasteiger partial charge in [0.25, 0.3) is 0 Å². The normalized spacial score (nSPS) is 14.9. The van der Waals surface area contributed by atoms with Gasteiger partial charge in [-0.1, -0.05) is 27.2 Å². The van der Waals surface area contributed by atoms with Crippen molar-refractivity contribution >= 4 is 11.3 Å². The summed E-state index contributed by atoms with van der Waals surface area (Å²) in [7, 11) is 0. The average molecular weight is 239 g/mol. The Balaban J connectivity index is 2.43. The molecular weight excluding hydrogens is 214 g/mol. The molecule has 1 aromatic rings. The fraction of sp³-hybridized carbons (Fsp3) is 0.714. The number of nitrogens with one attached hydrogen (secondary N) is 1. The molecule has 0 saturated carbocycles. The molecule has 1 N–H and O–H groups in total. The van der Waals surface area contributed by atoms with E-state index in [9.17, 15) is 0 Å². The Morgan fingerprint density at radius 1 is 1.38 bits per heavy atom. The third kappa shape index (κ3) is 5.13. The molecule has 0 radical (unpaired) electrons. The summed E-state index contributed by atoms with van der Waals surface area (Å²) >= 11 is 1.80. The number of rotatable bonds is 8. The lowest BCUT2D eigenvalue weighted by Gasteiger charge is -2.21. The minimum Gasteiger partial charge on any atom is -0.314 e. The summed E-state index contributed by atoms with van der Waals surface area (Å²) in [5, 5.41) is 8.13. The topological polar surface area (TPSA) is 12.0 Å². The molecule has 0 fully saturated rings. The number of hydrogen-bond donors (Lipinski definition) is 1. The Hall–Kier alpha value is -0.340. The highest BCUT2D eigenvalue weighted by molar-refractivity contribution is 7.07. The van der Waals surface area contributed by atoms with Crippen molar-refractivity contribution < 1.29 is 0 Å². The first-order valence-corrected chi connectivity index (χ1v) is 7.45. The van der Waals surface area contributed by atoms with Gasteiger partial charge in [-0.2, -0.15) is 11.3 Å². The van der Waals surface area contributed by atoms with E-state index in [4.69, 9.17) is 0 Å². The molecule has 0 amide bonds. The third-order valence-electron chi connectivity index (χ3n) is 3.13. The van der Waals surface area contributed by atoms with Gasteiger partial charge in [0.05, 0.1) is 0 Å². The molecule has 92 valence electrons. The molecule has 0 bridgehead atoms. The minimum atomic E-state index is 0.657. The summed E-state index contributed by atoms with van der Waals surface area (Å²) < 4.78 is 0. The molecule has 2 unspecified atom stereocenters. The van der Waals surface area contributed by atoms with Gasteiger partial charge >= 0.3 is 0 Å². The van der Waals surface area contributed by atoms with Gasteiger partial charge in [-0.25, -0.2) is 0 Å². The van der Waals surface area contributed by atoms with E-state index in [0.717, 1.165) is 12.5 Å². The Morgan fingerprint density at radius 3 is 2.75 bits per heavy atom. The second kappa shape index (κ2) is 7.86. The standard InChI is InChI=1S/C14H25NS/c1-4-7-15-14(9-12(3)5-2)10-13-6-8-16-11-13/h6,8,11-12,14-15H,4-5,7,9-10H2,1-3H3. The van der Waals surface area contributed by atoms with Gasteiger partial charge in [0.15, 0.2) is 0 Å². The predicted molar refractivity (Wildman–Crippen MR) is 74.2 cm³/mol. The van der Waals surface area contributed by atoms with Crippen molar-refractivity contribution in [2.24, 2.45) is 5.92 Å². The monoisotopic (exact) mass is 239 g/mol. The lowest BCUT2D eigenvalue weighted by atomic mass is 9.95. The van der Waals surface area contributed by atoms with Crippen LogP contribution in [0.15, 0.2) is 16.8 Å². The van der Waals surface area contributed by atoms with E-state index in [1.54, 1.807) is 11.3 Å². The molecule has 2 atom stereocenters. The second-order valence-electron chi connectivity index (χ2n) is 4.74. The van der Waals surface area contributed by atoms with Crippen LogP contribution in [-0.2, 0) is 6.42 Å². The summed E-state index contributed by atoms with van der Waals surface area (Å²) in [6, 6.07) is 2.91. The molecule has 2 heteroatoms. The van der Waals surface area contributed by atoms with Gasteiger partial charge in [0.2, 0.25) is 0 Å². The molecule has 1 aromatic heterocycles. The van der Waals surface area contributed by atoms with Gasteiger partial charge in [-0.05, 0) is 54.1 Å². The van der Waals surface area contributed by atoms with Crippen molar-refractivity contribution in [2.45, 2.75) is 52.5 Å². The molecule has 0 saturated heterocycles. The van der Waals surface area contributed by atoms with Gasteiger partial charge < -0.3 is 5.32 Å². The SMILES string of the molecule is CCCNC(Cc1ccsc1)CC(C)CC. The zero-order chi connectivity index (χ0) is 11.8. The summed E-state index contributed by atoms with van der Waals surface area (Å²) in [4.78, 5) is 0. The second-order valence-corrected chi connectivity index (χ2v) is 5.52. The van der Waals surface area contributed by atoms with Crippen molar-refractivity contribution in [1.29, 1.82) is 0 Å². The maximum atomic E-state index is 3.68. The van der Waals surface area contributed by atoms with E-state index in [-0.39, 0.29) is 0 Å². The van der Waals surface area contributed by atoms with Gasteiger partial charge in [-0.3, -0.25) is 0 Å². The van der Waals surface area contributed by atoms with E-state index in [1.165, 1.54) is 31.2 Å². The Morgan fingerprint density at radius 2 is 2.19 bits per heavy atom. The molecule has 16 heavy (non-hydrogen) atoms. The number of thiophene rings is 1. The molecule has 0 aliphatic rings. The van der Waals surface area contributed by atoms with Crippen LogP contribution in [0.1, 0.15) is 45.6 Å². The first-order valence-electron chi connectivity index (χ1n) is 6.50. The van der Waals surface area contributed by atoms with Crippen LogP contribution in [0.2, 0.25) is 0 Å². The van der Waals surface area contributed by atoms with Gasteiger partial charge in [-0.15, -0.1) is 0 Å². The Labute approximate surface area is 104 Å². The fourth-order valence-electron chi connectivity index (χ4n) is 1.93. The maximum absolute atomic E-state index is 3.68. The molecule has 0 aliphatic heterocycles. The lowest BCUT2D eigenvalue weighted by molar-refractivity contribution is 0.392. The van der Waals surface area contributed by atoms with Crippen LogP contribution >= 0.6 is 11.3 Å². The largest absolute Gasteiger partial charge is 0.314 e. The van der Waals surface area contributed by atoms with E-state index in [2.05, 4.69) is 42.9 Å². The third-order valence-corrected chi connectivity index (χ3v) is 3.86. The lowest BCUT2D eigenvalue weighted by Crippen LogP contribution is -2.33. The van der Waals surface area contributed by atoms with E-state index in [1.807, 2.05) is 0 Å². The molecule has 1 rings (SSSR count). The van der Waals surface area contributed by atoms with Crippen LogP contribution in [0, 0.1) is 5.92 Å².